The minimum atomic E-state index is -3.81. The number of H-pyrrole nitrogens is 1. The molecule has 0 bridgehead atoms. The summed E-state index contributed by atoms with van der Waals surface area (Å²) in [7, 11) is -2.02. The molecule has 1 aromatic heterocycles. The number of rotatable bonds is 7. The van der Waals surface area contributed by atoms with Crippen LogP contribution < -0.4 is 10.0 Å². The molecule has 29 heavy (non-hydrogen) atoms. The van der Waals surface area contributed by atoms with E-state index in [9.17, 15) is 13.2 Å². The Morgan fingerprint density at radius 3 is 2.66 bits per heavy atom. The van der Waals surface area contributed by atoms with E-state index in [1.54, 1.807) is 35.9 Å². The summed E-state index contributed by atoms with van der Waals surface area (Å²) >= 11 is 5.05. The lowest BCUT2D eigenvalue weighted by Crippen LogP contribution is -2.26. The van der Waals surface area contributed by atoms with E-state index in [2.05, 4.69) is 20.2 Å². The van der Waals surface area contributed by atoms with Crippen molar-refractivity contribution in [3.63, 3.8) is 0 Å². The lowest BCUT2D eigenvalue weighted by Gasteiger charge is -2.10. The highest BCUT2D eigenvalue weighted by Gasteiger charge is 2.16. The third-order valence-corrected chi connectivity index (χ3v) is 6.03. The van der Waals surface area contributed by atoms with Gasteiger partial charge in [-0.2, -0.15) is 5.10 Å². The van der Waals surface area contributed by atoms with Crippen molar-refractivity contribution in [1.29, 1.82) is 0 Å². The highest BCUT2D eigenvalue weighted by Crippen LogP contribution is 2.18. The van der Waals surface area contributed by atoms with Gasteiger partial charge in [0, 0.05) is 31.3 Å². The molecule has 2 aromatic carbocycles. The number of carbonyl (C=O) groups is 1. The van der Waals surface area contributed by atoms with Gasteiger partial charge in [0.15, 0.2) is 4.77 Å². The molecule has 0 saturated carbocycles. The summed E-state index contributed by atoms with van der Waals surface area (Å²) in [5, 5.41) is 9.53. The first kappa shape index (κ1) is 20.7. The number of hydrogen-bond donors (Lipinski definition) is 3. The molecular formula is C19H21N5O3S2. The number of sulfonamides is 1. The summed E-state index contributed by atoms with van der Waals surface area (Å²) in [6, 6.07) is 13.0. The van der Waals surface area contributed by atoms with Crippen LogP contribution >= 0.6 is 12.2 Å². The van der Waals surface area contributed by atoms with Gasteiger partial charge in [-0.3, -0.25) is 14.6 Å². The van der Waals surface area contributed by atoms with E-state index in [0.717, 1.165) is 5.56 Å². The second-order valence-electron chi connectivity index (χ2n) is 6.51. The van der Waals surface area contributed by atoms with E-state index in [0.29, 0.717) is 29.2 Å². The van der Waals surface area contributed by atoms with Gasteiger partial charge < -0.3 is 9.88 Å². The van der Waals surface area contributed by atoms with Crippen LogP contribution in [0.25, 0.3) is 0 Å². The molecule has 1 amide bonds. The summed E-state index contributed by atoms with van der Waals surface area (Å²) in [6.45, 7) is 2.21. The molecule has 0 aliphatic carbocycles. The van der Waals surface area contributed by atoms with Gasteiger partial charge in [0.05, 0.1) is 4.90 Å². The fourth-order valence-corrected chi connectivity index (χ4v) is 3.97. The van der Waals surface area contributed by atoms with Crippen LogP contribution in [0, 0.1) is 11.7 Å². The molecule has 0 spiro atoms. The predicted octanol–water partition coefficient (Wildman–Crippen LogP) is 2.56. The van der Waals surface area contributed by atoms with Crippen LogP contribution in [0.15, 0.2) is 53.4 Å². The Bertz CT molecular complexity index is 1200. The van der Waals surface area contributed by atoms with E-state index in [1.165, 1.54) is 18.2 Å². The van der Waals surface area contributed by atoms with Crippen molar-refractivity contribution in [2.24, 2.45) is 7.05 Å². The number of carbonyl (C=O) groups excluding carboxylic acids is 1. The highest BCUT2D eigenvalue weighted by atomic mass is 32.2. The lowest BCUT2D eigenvalue weighted by atomic mass is 10.2. The van der Waals surface area contributed by atoms with Crippen LogP contribution in [-0.2, 0) is 23.5 Å². The van der Waals surface area contributed by atoms with Gasteiger partial charge >= 0.3 is 0 Å². The highest BCUT2D eigenvalue weighted by molar-refractivity contribution is 7.92. The number of hydrogen-bond acceptors (Lipinski definition) is 5. The summed E-state index contributed by atoms with van der Waals surface area (Å²) in [5.41, 5.74) is 1.66. The molecule has 0 unspecified atom stereocenters. The van der Waals surface area contributed by atoms with Gasteiger partial charge in [-0.25, -0.2) is 8.42 Å². The van der Waals surface area contributed by atoms with E-state index in [1.807, 2.05) is 13.0 Å². The molecule has 0 aliphatic rings. The Balaban J connectivity index is 1.68. The Morgan fingerprint density at radius 2 is 1.97 bits per heavy atom. The number of amides is 1. The van der Waals surface area contributed by atoms with Crippen molar-refractivity contribution in [2.45, 2.75) is 18.2 Å². The Labute approximate surface area is 174 Å². The van der Waals surface area contributed by atoms with Crippen LogP contribution in [0.3, 0.4) is 0 Å². The van der Waals surface area contributed by atoms with E-state index >= 15 is 0 Å². The van der Waals surface area contributed by atoms with Crippen LogP contribution in [0.1, 0.15) is 21.7 Å². The Morgan fingerprint density at radius 1 is 1.21 bits per heavy atom. The first-order valence-electron chi connectivity index (χ1n) is 8.84. The molecule has 1 heterocycles. The average Bonchev–Trinajstić information content (AvgIpc) is 3.00. The van der Waals surface area contributed by atoms with E-state index in [-0.39, 0.29) is 16.4 Å². The van der Waals surface area contributed by atoms with Crippen molar-refractivity contribution >= 4 is 33.8 Å². The monoisotopic (exact) mass is 431 g/mol. The van der Waals surface area contributed by atoms with Crippen LogP contribution in [0.5, 0.6) is 0 Å². The predicted molar refractivity (Wildman–Crippen MR) is 113 cm³/mol. The van der Waals surface area contributed by atoms with Crippen LogP contribution in [-0.4, -0.2) is 35.6 Å². The second-order valence-corrected chi connectivity index (χ2v) is 8.58. The van der Waals surface area contributed by atoms with Gasteiger partial charge in [-0.05, 0) is 55.0 Å². The first-order chi connectivity index (χ1) is 13.8. The quantitative estimate of drug-likeness (QED) is 0.498. The Kier molecular flexibility index (Phi) is 6.14. The zero-order chi connectivity index (χ0) is 21.0. The lowest BCUT2D eigenvalue weighted by molar-refractivity contribution is 0.0953. The molecule has 10 heteroatoms. The molecule has 152 valence electrons. The Hall–Kier alpha value is -2.98. The molecule has 0 saturated heterocycles. The fourth-order valence-electron chi connectivity index (χ4n) is 2.72. The molecule has 0 fully saturated rings. The molecular weight excluding hydrogens is 410 g/mol. The number of nitrogens with one attached hydrogen (secondary N) is 3. The third-order valence-electron chi connectivity index (χ3n) is 4.28. The molecule has 3 aromatic rings. The number of aromatic nitrogens is 3. The van der Waals surface area contributed by atoms with Gasteiger partial charge in [0.25, 0.3) is 15.9 Å². The minimum absolute atomic E-state index is 0.0149. The van der Waals surface area contributed by atoms with Crippen molar-refractivity contribution in [1.82, 2.24) is 20.1 Å². The van der Waals surface area contributed by atoms with Gasteiger partial charge in [-0.15, -0.1) is 0 Å². The standard InChI is InChI=1S/C19H21N5O3S2/c1-13-5-3-7-15(11-13)23-29(26,27)16-8-4-6-14(12-16)18(25)20-10-9-17-21-22-19(28)24(17)2/h3-8,11-12,23H,9-10H2,1-2H3,(H,20,25)(H,22,28). The van der Waals surface area contributed by atoms with Crippen LogP contribution in [0.4, 0.5) is 5.69 Å². The first-order valence-corrected chi connectivity index (χ1v) is 10.7. The van der Waals surface area contributed by atoms with Crippen molar-refractivity contribution in [3.05, 3.63) is 70.3 Å². The average molecular weight is 432 g/mol. The summed E-state index contributed by atoms with van der Waals surface area (Å²) in [4.78, 5) is 12.4. The topological polar surface area (TPSA) is 109 Å². The maximum absolute atomic E-state index is 12.7. The smallest absolute Gasteiger partial charge is 0.261 e. The van der Waals surface area contributed by atoms with E-state index < -0.39 is 10.0 Å². The largest absolute Gasteiger partial charge is 0.352 e. The maximum atomic E-state index is 12.7. The summed E-state index contributed by atoms with van der Waals surface area (Å²) in [5.74, 6) is 0.350. The number of nitrogens with zero attached hydrogens (tertiary/aromatic N) is 2. The number of aryl methyl sites for hydroxylation is 1. The fraction of sp³-hybridized carbons (Fsp3) is 0.211. The van der Waals surface area contributed by atoms with Gasteiger partial charge in [0.1, 0.15) is 5.82 Å². The van der Waals surface area contributed by atoms with Crippen LogP contribution in [0.2, 0.25) is 0 Å². The molecule has 0 aliphatic heterocycles. The second kappa shape index (κ2) is 8.58. The number of benzene rings is 2. The molecule has 3 N–H and O–H groups in total. The third kappa shape index (κ3) is 5.09. The zero-order valence-electron chi connectivity index (χ0n) is 16.0. The molecule has 0 atom stereocenters. The van der Waals surface area contributed by atoms with Gasteiger partial charge in [-0.1, -0.05) is 18.2 Å². The summed E-state index contributed by atoms with van der Waals surface area (Å²) in [6.07, 6.45) is 0.488. The minimum Gasteiger partial charge on any atom is -0.352 e. The normalized spacial score (nSPS) is 11.2. The van der Waals surface area contributed by atoms with Crippen molar-refractivity contribution in [3.8, 4) is 0 Å². The van der Waals surface area contributed by atoms with E-state index in [4.69, 9.17) is 12.2 Å². The molecule has 0 radical (unpaired) electrons. The summed E-state index contributed by atoms with van der Waals surface area (Å²) < 4.78 is 30.1. The van der Waals surface area contributed by atoms with Crippen molar-refractivity contribution in [2.75, 3.05) is 11.3 Å². The maximum Gasteiger partial charge on any atom is 0.261 e. The number of anilines is 1. The number of aromatic amines is 1. The SMILES string of the molecule is Cc1cccc(NS(=O)(=O)c2cccc(C(=O)NCCc3n[nH]c(=S)n3C)c2)c1. The molecule has 8 nitrogen and oxygen atoms in total. The van der Waals surface area contributed by atoms with Crippen molar-refractivity contribution < 1.29 is 13.2 Å². The van der Waals surface area contributed by atoms with Gasteiger partial charge in [0.2, 0.25) is 0 Å². The zero-order valence-corrected chi connectivity index (χ0v) is 17.6. The molecule has 3 rings (SSSR count).